The first-order valence-electron chi connectivity index (χ1n) is 11.3. The maximum absolute atomic E-state index is 12.9. The molecule has 33 heavy (non-hydrogen) atoms. The van der Waals surface area contributed by atoms with E-state index in [0.717, 1.165) is 24.0 Å². The van der Waals surface area contributed by atoms with E-state index in [4.69, 9.17) is 9.47 Å². The Balaban J connectivity index is 1.56. The minimum atomic E-state index is -3.64. The molecule has 2 aromatic carbocycles. The lowest BCUT2D eigenvalue weighted by Crippen LogP contribution is -2.40. The standard InChI is InChI=1S/C25H31NO6S/c1-4-18-6-7-19(5-2)23(16-18)24(27)17-32-25(28)20-12-14-26(15-13-20)33(29,30)22-10-8-21(31-3)9-11-22/h6-11,16,20H,4-5,12-15,17H2,1-3H3. The Morgan fingerprint density at radius 2 is 1.67 bits per heavy atom. The van der Waals surface area contributed by atoms with Crippen molar-refractivity contribution in [3.63, 3.8) is 0 Å². The number of rotatable bonds is 9. The van der Waals surface area contributed by atoms with E-state index >= 15 is 0 Å². The molecule has 178 valence electrons. The van der Waals surface area contributed by atoms with Crippen LogP contribution in [0.1, 0.15) is 48.2 Å². The van der Waals surface area contributed by atoms with Crippen molar-refractivity contribution in [3.8, 4) is 5.75 Å². The predicted molar refractivity (Wildman–Crippen MR) is 125 cm³/mol. The normalized spacial score (nSPS) is 15.2. The number of sulfonamides is 1. The number of nitrogens with zero attached hydrogens (tertiary/aromatic N) is 1. The number of ether oxygens (including phenoxy) is 2. The van der Waals surface area contributed by atoms with Gasteiger partial charge in [0.25, 0.3) is 0 Å². The van der Waals surface area contributed by atoms with Gasteiger partial charge in [0.2, 0.25) is 15.8 Å². The molecule has 0 amide bonds. The van der Waals surface area contributed by atoms with Crippen LogP contribution >= 0.6 is 0 Å². The summed E-state index contributed by atoms with van der Waals surface area (Å²) in [6.07, 6.45) is 2.25. The summed E-state index contributed by atoms with van der Waals surface area (Å²) in [5.74, 6) is -0.505. The third kappa shape index (κ3) is 5.81. The fourth-order valence-electron chi connectivity index (χ4n) is 3.97. The van der Waals surface area contributed by atoms with Crippen molar-refractivity contribution in [2.24, 2.45) is 5.92 Å². The second-order valence-electron chi connectivity index (χ2n) is 8.08. The Hall–Kier alpha value is -2.71. The van der Waals surface area contributed by atoms with Crippen LogP contribution in [0.5, 0.6) is 5.75 Å². The number of piperidine rings is 1. The molecule has 0 atom stereocenters. The zero-order valence-electron chi connectivity index (χ0n) is 19.4. The second kappa shape index (κ2) is 10.9. The Morgan fingerprint density at radius 1 is 1.00 bits per heavy atom. The summed E-state index contributed by atoms with van der Waals surface area (Å²) >= 11 is 0. The van der Waals surface area contributed by atoms with Crippen LogP contribution in [-0.2, 0) is 32.4 Å². The molecule has 2 aromatic rings. The van der Waals surface area contributed by atoms with Gasteiger partial charge in [-0.3, -0.25) is 9.59 Å². The molecule has 0 saturated carbocycles. The monoisotopic (exact) mass is 473 g/mol. The molecule has 1 fully saturated rings. The van der Waals surface area contributed by atoms with Crippen LogP contribution in [0.4, 0.5) is 0 Å². The van der Waals surface area contributed by atoms with Crippen molar-refractivity contribution in [2.45, 2.75) is 44.4 Å². The lowest BCUT2D eigenvalue weighted by atomic mass is 9.97. The van der Waals surface area contributed by atoms with Crippen LogP contribution in [0.15, 0.2) is 47.4 Å². The van der Waals surface area contributed by atoms with Gasteiger partial charge in [0.05, 0.1) is 17.9 Å². The number of benzene rings is 2. The first-order valence-corrected chi connectivity index (χ1v) is 12.7. The number of methoxy groups -OCH3 is 1. The summed E-state index contributed by atoms with van der Waals surface area (Å²) in [5.41, 5.74) is 2.60. The van der Waals surface area contributed by atoms with Crippen molar-refractivity contribution in [1.29, 1.82) is 0 Å². The number of carbonyl (C=O) groups is 2. The van der Waals surface area contributed by atoms with Crippen LogP contribution in [0, 0.1) is 5.92 Å². The fourth-order valence-corrected chi connectivity index (χ4v) is 5.44. The van der Waals surface area contributed by atoms with Gasteiger partial charge in [0.15, 0.2) is 6.61 Å². The molecule has 7 nitrogen and oxygen atoms in total. The van der Waals surface area contributed by atoms with Gasteiger partial charge < -0.3 is 9.47 Å². The quantitative estimate of drug-likeness (QED) is 0.408. The molecule has 0 bridgehead atoms. The minimum absolute atomic E-state index is 0.191. The molecule has 0 radical (unpaired) electrons. The molecular weight excluding hydrogens is 442 g/mol. The number of esters is 1. The summed E-state index contributed by atoms with van der Waals surface area (Å²) < 4.78 is 37.5. The Labute approximate surface area is 195 Å². The average Bonchev–Trinajstić information content (AvgIpc) is 2.86. The predicted octanol–water partition coefficient (Wildman–Crippen LogP) is 3.65. The number of Topliss-reactive ketones (excluding diaryl/α,β-unsaturated/α-hetero) is 1. The van der Waals surface area contributed by atoms with Gasteiger partial charge in [-0.05, 0) is 67.1 Å². The van der Waals surface area contributed by atoms with Crippen LogP contribution < -0.4 is 4.74 Å². The van der Waals surface area contributed by atoms with E-state index in [1.54, 1.807) is 12.1 Å². The van der Waals surface area contributed by atoms with Crippen molar-refractivity contribution in [1.82, 2.24) is 4.31 Å². The van der Waals surface area contributed by atoms with E-state index < -0.39 is 21.9 Å². The number of hydrogen-bond donors (Lipinski definition) is 0. The summed E-state index contributed by atoms with van der Waals surface area (Å²) in [7, 11) is -2.12. The maximum Gasteiger partial charge on any atom is 0.309 e. The molecule has 1 heterocycles. The number of hydrogen-bond acceptors (Lipinski definition) is 6. The van der Waals surface area contributed by atoms with Crippen LogP contribution in [0.3, 0.4) is 0 Å². The summed E-state index contributed by atoms with van der Waals surface area (Å²) in [6.45, 7) is 4.15. The SMILES string of the molecule is CCc1ccc(CC)c(C(=O)COC(=O)C2CCN(S(=O)(=O)c3ccc(OC)cc3)CC2)c1. The maximum atomic E-state index is 12.9. The van der Waals surface area contributed by atoms with Crippen molar-refractivity contribution in [3.05, 3.63) is 59.2 Å². The molecule has 1 aliphatic rings. The molecule has 1 aliphatic heterocycles. The first-order chi connectivity index (χ1) is 15.8. The van der Waals surface area contributed by atoms with Gasteiger partial charge in [0, 0.05) is 18.7 Å². The van der Waals surface area contributed by atoms with Crippen molar-refractivity contribution in [2.75, 3.05) is 26.8 Å². The smallest absolute Gasteiger partial charge is 0.309 e. The number of aryl methyl sites for hydroxylation is 2. The average molecular weight is 474 g/mol. The van der Waals surface area contributed by atoms with Crippen LogP contribution in [0.2, 0.25) is 0 Å². The lowest BCUT2D eigenvalue weighted by molar-refractivity contribution is -0.148. The largest absolute Gasteiger partial charge is 0.497 e. The Morgan fingerprint density at radius 3 is 2.24 bits per heavy atom. The highest BCUT2D eigenvalue weighted by molar-refractivity contribution is 7.89. The zero-order chi connectivity index (χ0) is 24.0. The highest BCUT2D eigenvalue weighted by Gasteiger charge is 2.33. The van der Waals surface area contributed by atoms with Crippen molar-refractivity contribution >= 4 is 21.8 Å². The minimum Gasteiger partial charge on any atom is -0.497 e. The van der Waals surface area contributed by atoms with Gasteiger partial charge in [-0.1, -0.05) is 26.0 Å². The second-order valence-corrected chi connectivity index (χ2v) is 10.0. The molecule has 3 rings (SSSR count). The molecule has 0 aromatic heterocycles. The zero-order valence-corrected chi connectivity index (χ0v) is 20.2. The van der Waals surface area contributed by atoms with Gasteiger partial charge in [0.1, 0.15) is 5.75 Å². The van der Waals surface area contributed by atoms with E-state index in [-0.39, 0.29) is 30.4 Å². The van der Waals surface area contributed by atoms with E-state index in [0.29, 0.717) is 24.2 Å². The molecular formula is C25H31NO6S. The molecule has 0 aliphatic carbocycles. The summed E-state index contributed by atoms with van der Waals surface area (Å²) in [5, 5.41) is 0. The van der Waals surface area contributed by atoms with Gasteiger partial charge in [-0.25, -0.2) is 8.42 Å². The third-order valence-electron chi connectivity index (χ3n) is 6.09. The van der Waals surface area contributed by atoms with E-state index in [1.165, 1.54) is 23.5 Å². The van der Waals surface area contributed by atoms with E-state index in [9.17, 15) is 18.0 Å². The first kappa shape index (κ1) is 24.9. The summed E-state index contributed by atoms with van der Waals surface area (Å²) in [4.78, 5) is 25.4. The van der Waals surface area contributed by atoms with Crippen molar-refractivity contribution < 1.29 is 27.5 Å². The van der Waals surface area contributed by atoms with Gasteiger partial charge in [-0.2, -0.15) is 4.31 Å². The highest BCUT2D eigenvalue weighted by Crippen LogP contribution is 2.26. The molecule has 8 heteroatoms. The topological polar surface area (TPSA) is 90.0 Å². The Kier molecular flexibility index (Phi) is 8.26. The van der Waals surface area contributed by atoms with Crippen LogP contribution in [-0.4, -0.2) is 51.3 Å². The third-order valence-corrected chi connectivity index (χ3v) is 8.01. The molecule has 0 spiro atoms. The Bertz CT molecular complexity index is 1090. The van der Waals surface area contributed by atoms with Gasteiger partial charge in [-0.15, -0.1) is 0 Å². The molecule has 0 N–H and O–H groups in total. The molecule has 1 saturated heterocycles. The fraction of sp³-hybridized carbons (Fsp3) is 0.440. The summed E-state index contributed by atoms with van der Waals surface area (Å²) in [6, 6.07) is 12.1. The lowest BCUT2D eigenvalue weighted by Gasteiger charge is -2.30. The van der Waals surface area contributed by atoms with Gasteiger partial charge >= 0.3 is 5.97 Å². The highest BCUT2D eigenvalue weighted by atomic mass is 32.2. The number of carbonyl (C=O) groups excluding carboxylic acids is 2. The van der Waals surface area contributed by atoms with E-state index in [2.05, 4.69) is 0 Å². The van der Waals surface area contributed by atoms with Crippen LogP contribution in [0.25, 0.3) is 0 Å². The number of ketones is 1. The van der Waals surface area contributed by atoms with E-state index in [1.807, 2.05) is 32.0 Å². The molecule has 0 unspecified atom stereocenters.